The van der Waals surface area contributed by atoms with Gasteiger partial charge in [0.1, 0.15) is 27.5 Å². The van der Waals surface area contributed by atoms with E-state index in [1.54, 1.807) is 6.07 Å². The smallest absolute Gasteiger partial charge is 0.150 e. The number of furan rings is 1. The van der Waals surface area contributed by atoms with Crippen LogP contribution in [0.4, 0.5) is 0 Å². The van der Waals surface area contributed by atoms with E-state index in [1.165, 1.54) is 0 Å². The summed E-state index contributed by atoms with van der Waals surface area (Å²) in [5.41, 5.74) is 1.40. The normalized spacial score (nSPS) is 17.0. The summed E-state index contributed by atoms with van der Waals surface area (Å²) in [5.74, 6) is 1.62. The van der Waals surface area contributed by atoms with Crippen LogP contribution in [0.5, 0.6) is 0 Å². The van der Waals surface area contributed by atoms with E-state index < -0.39 is 15.9 Å². The quantitative estimate of drug-likeness (QED) is 0.838. The summed E-state index contributed by atoms with van der Waals surface area (Å²) in [5, 5.41) is 14.4. The average Bonchev–Trinajstić information content (AvgIpc) is 3.11. The van der Waals surface area contributed by atoms with Crippen molar-refractivity contribution in [2.75, 3.05) is 18.6 Å². The summed E-state index contributed by atoms with van der Waals surface area (Å²) in [6, 6.07) is 5.80. The molecule has 0 fully saturated rings. The van der Waals surface area contributed by atoms with Crippen LogP contribution in [0.2, 0.25) is 0 Å². The third-order valence-electron chi connectivity index (χ3n) is 4.14. The SMILES string of the molecule is CCc1ccc(CN2CCn3nc([C@H](O)CS(C)(=O)=O)cc3C2)o1. The largest absolute Gasteiger partial charge is 0.465 e. The second-order valence-corrected chi connectivity index (χ2v) is 8.51. The average molecular weight is 353 g/mol. The Morgan fingerprint density at radius 2 is 2.08 bits per heavy atom. The maximum absolute atomic E-state index is 11.3. The van der Waals surface area contributed by atoms with Gasteiger partial charge in [0, 0.05) is 25.8 Å². The molecule has 7 nitrogen and oxygen atoms in total. The van der Waals surface area contributed by atoms with Gasteiger partial charge >= 0.3 is 0 Å². The van der Waals surface area contributed by atoms with Crippen molar-refractivity contribution in [2.24, 2.45) is 0 Å². The minimum Gasteiger partial charge on any atom is -0.465 e. The number of hydrogen-bond acceptors (Lipinski definition) is 6. The van der Waals surface area contributed by atoms with E-state index in [0.29, 0.717) is 18.8 Å². The fourth-order valence-corrected chi connectivity index (χ4v) is 3.67. The molecule has 1 aliphatic heterocycles. The number of sulfone groups is 1. The first-order valence-corrected chi connectivity index (χ1v) is 10.1. The topological polar surface area (TPSA) is 88.6 Å². The van der Waals surface area contributed by atoms with Gasteiger partial charge in [0.2, 0.25) is 0 Å². The highest BCUT2D eigenvalue weighted by Gasteiger charge is 2.23. The summed E-state index contributed by atoms with van der Waals surface area (Å²) >= 11 is 0. The molecule has 132 valence electrons. The molecule has 0 bridgehead atoms. The van der Waals surface area contributed by atoms with Gasteiger partial charge in [-0.25, -0.2) is 8.42 Å². The molecule has 0 unspecified atom stereocenters. The molecule has 8 heteroatoms. The van der Waals surface area contributed by atoms with Gasteiger partial charge in [-0.05, 0) is 18.2 Å². The maximum atomic E-state index is 11.3. The van der Waals surface area contributed by atoms with Crippen molar-refractivity contribution in [1.29, 1.82) is 0 Å². The van der Waals surface area contributed by atoms with Crippen LogP contribution < -0.4 is 0 Å². The lowest BCUT2D eigenvalue weighted by Crippen LogP contribution is -2.33. The van der Waals surface area contributed by atoms with Crippen molar-refractivity contribution in [2.45, 2.75) is 39.1 Å². The molecule has 0 spiro atoms. The summed E-state index contributed by atoms with van der Waals surface area (Å²) in [6.07, 6.45) is 0.916. The Balaban J connectivity index is 1.67. The van der Waals surface area contributed by atoms with Crippen LogP contribution in [0.1, 0.15) is 35.9 Å². The number of hydrogen-bond donors (Lipinski definition) is 1. The molecular formula is C16H23N3O4S. The fourth-order valence-electron chi connectivity index (χ4n) is 2.93. The lowest BCUT2D eigenvalue weighted by atomic mass is 10.2. The number of rotatable bonds is 6. The van der Waals surface area contributed by atoms with Crippen LogP contribution in [-0.4, -0.2) is 46.8 Å². The van der Waals surface area contributed by atoms with Gasteiger partial charge in [-0.2, -0.15) is 5.10 Å². The first kappa shape index (κ1) is 17.2. The highest BCUT2D eigenvalue weighted by molar-refractivity contribution is 7.90. The van der Waals surface area contributed by atoms with Gasteiger partial charge in [0.05, 0.1) is 30.2 Å². The predicted octanol–water partition coefficient (Wildman–Crippen LogP) is 1.13. The van der Waals surface area contributed by atoms with Crippen molar-refractivity contribution < 1.29 is 17.9 Å². The van der Waals surface area contributed by atoms with Crippen LogP contribution >= 0.6 is 0 Å². The monoisotopic (exact) mass is 353 g/mol. The molecule has 0 aromatic carbocycles. The van der Waals surface area contributed by atoms with Crippen molar-refractivity contribution in [3.8, 4) is 0 Å². The van der Waals surface area contributed by atoms with E-state index in [9.17, 15) is 13.5 Å². The van der Waals surface area contributed by atoms with Gasteiger partial charge in [-0.1, -0.05) is 6.92 Å². The number of aromatic nitrogens is 2. The lowest BCUT2D eigenvalue weighted by molar-refractivity contribution is 0.185. The lowest BCUT2D eigenvalue weighted by Gasteiger charge is -2.26. The van der Waals surface area contributed by atoms with E-state index in [1.807, 2.05) is 16.8 Å². The molecule has 2 aromatic rings. The van der Waals surface area contributed by atoms with Crippen LogP contribution in [-0.2, 0) is 35.9 Å². The van der Waals surface area contributed by atoms with Crippen molar-refractivity contribution in [3.05, 3.63) is 41.1 Å². The molecule has 2 aromatic heterocycles. The third kappa shape index (κ3) is 4.06. The van der Waals surface area contributed by atoms with Crippen molar-refractivity contribution in [3.63, 3.8) is 0 Å². The van der Waals surface area contributed by atoms with Crippen LogP contribution in [0, 0.1) is 0 Å². The zero-order valence-corrected chi connectivity index (χ0v) is 14.8. The van der Waals surface area contributed by atoms with Gasteiger partial charge in [0.25, 0.3) is 0 Å². The molecule has 0 aliphatic carbocycles. The molecule has 1 atom stereocenters. The first-order valence-electron chi connectivity index (χ1n) is 8.06. The van der Waals surface area contributed by atoms with E-state index in [-0.39, 0.29) is 5.75 Å². The zero-order valence-electron chi connectivity index (χ0n) is 14.0. The third-order valence-corrected chi connectivity index (χ3v) is 5.06. The molecule has 24 heavy (non-hydrogen) atoms. The molecule has 3 rings (SSSR count). The van der Waals surface area contributed by atoms with Crippen LogP contribution in [0.15, 0.2) is 22.6 Å². The first-order chi connectivity index (χ1) is 11.3. The predicted molar refractivity (Wildman–Crippen MR) is 89.1 cm³/mol. The molecule has 1 aliphatic rings. The summed E-state index contributed by atoms with van der Waals surface area (Å²) < 4.78 is 30.2. The van der Waals surface area contributed by atoms with Crippen molar-refractivity contribution >= 4 is 9.84 Å². The van der Waals surface area contributed by atoms with E-state index >= 15 is 0 Å². The highest BCUT2D eigenvalue weighted by Crippen LogP contribution is 2.21. The number of aliphatic hydroxyl groups is 1. The Hall–Kier alpha value is -1.64. The fraction of sp³-hybridized carbons (Fsp3) is 0.562. The van der Waals surface area contributed by atoms with E-state index in [0.717, 1.165) is 43.0 Å². The number of aryl methyl sites for hydroxylation is 1. The second-order valence-electron chi connectivity index (χ2n) is 6.32. The van der Waals surface area contributed by atoms with E-state index in [2.05, 4.69) is 16.9 Å². The minimum absolute atomic E-state index is 0.306. The Labute approximate surface area is 141 Å². The Morgan fingerprint density at radius 1 is 1.33 bits per heavy atom. The molecule has 0 saturated carbocycles. The van der Waals surface area contributed by atoms with E-state index in [4.69, 9.17) is 4.42 Å². The molecule has 0 radical (unpaired) electrons. The molecule has 0 saturated heterocycles. The summed E-state index contributed by atoms with van der Waals surface area (Å²) in [4.78, 5) is 2.25. The van der Waals surface area contributed by atoms with Crippen molar-refractivity contribution in [1.82, 2.24) is 14.7 Å². The number of nitrogens with zero attached hydrogens (tertiary/aromatic N) is 3. The standard InChI is InChI=1S/C16H23N3O4S/c1-3-13-4-5-14(23-13)10-18-6-7-19-12(9-18)8-15(17-19)16(20)11-24(2,21)22/h4-5,8,16,20H,3,6-7,9-11H2,1-2H3/t16-/m1/s1. The summed E-state index contributed by atoms with van der Waals surface area (Å²) in [6.45, 7) is 5.03. The molecular weight excluding hydrogens is 330 g/mol. The van der Waals surface area contributed by atoms with Gasteiger partial charge in [-0.3, -0.25) is 9.58 Å². The van der Waals surface area contributed by atoms with Crippen LogP contribution in [0.3, 0.4) is 0 Å². The van der Waals surface area contributed by atoms with Gasteiger partial charge in [0.15, 0.2) is 0 Å². The Kier molecular flexibility index (Phi) is 4.80. The van der Waals surface area contributed by atoms with Gasteiger partial charge < -0.3 is 9.52 Å². The van der Waals surface area contributed by atoms with Crippen LogP contribution in [0.25, 0.3) is 0 Å². The zero-order chi connectivity index (χ0) is 17.3. The van der Waals surface area contributed by atoms with Gasteiger partial charge in [-0.15, -0.1) is 0 Å². The Bertz CT molecular complexity index is 809. The number of fused-ring (bicyclic) bond motifs is 1. The second kappa shape index (κ2) is 6.70. The highest BCUT2D eigenvalue weighted by atomic mass is 32.2. The molecule has 1 N–H and O–H groups in total. The molecule has 3 heterocycles. The Morgan fingerprint density at radius 3 is 2.75 bits per heavy atom. The maximum Gasteiger partial charge on any atom is 0.150 e. The minimum atomic E-state index is -3.25. The number of aliphatic hydroxyl groups excluding tert-OH is 1. The molecule has 0 amide bonds. The summed E-state index contributed by atoms with van der Waals surface area (Å²) in [7, 11) is -3.25.